The minimum atomic E-state index is -1.01. The Kier molecular flexibility index (Phi) is 3.37. The summed E-state index contributed by atoms with van der Waals surface area (Å²) in [6, 6.07) is 3.64. The SMILES string of the molecule is CC1CCC(Cc2c(F)cccc2F)(C(=O)O)C1. The number of halogens is 2. The fourth-order valence-electron chi connectivity index (χ4n) is 2.86. The number of carboxylic acids is 1. The van der Waals surface area contributed by atoms with Crippen LogP contribution in [-0.4, -0.2) is 11.1 Å². The van der Waals surface area contributed by atoms with E-state index in [9.17, 15) is 18.7 Å². The third kappa shape index (κ3) is 2.24. The van der Waals surface area contributed by atoms with Crippen LogP contribution in [0.1, 0.15) is 31.7 Å². The predicted octanol–water partition coefficient (Wildman–Crippen LogP) is 3.40. The Morgan fingerprint density at radius 2 is 2.06 bits per heavy atom. The molecule has 4 heteroatoms. The Balaban J connectivity index is 2.33. The lowest BCUT2D eigenvalue weighted by Gasteiger charge is -2.24. The first-order valence-electron chi connectivity index (χ1n) is 6.11. The van der Waals surface area contributed by atoms with E-state index < -0.39 is 23.0 Å². The van der Waals surface area contributed by atoms with Crippen molar-refractivity contribution < 1.29 is 18.7 Å². The summed E-state index contributed by atoms with van der Waals surface area (Å²) in [5.74, 6) is -1.98. The first-order chi connectivity index (χ1) is 8.44. The van der Waals surface area contributed by atoms with Gasteiger partial charge in [0.15, 0.2) is 0 Å². The highest BCUT2D eigenvalue weighted by Gasteiger charge is 2.45. The van der Waals surface area contributed by atoms with Crippen LogP contribution < -0.4 is 0 Å². The van der Waals surface area contributed by atoms with Gasteiger partial charge in [-0.2, -0.15) is 0 Å². The molecule has 98 valence electrons. The minimum Gasteiger partial charge on any atom is -0.481 e. The van der Waals surface area contributed by atoms with Gasteiger partial charge in [-0.1, -0.05) is 13.0 Å². The second-order valence-electron chi connectivity index (χ2n) is 5.31. The van der Waals surface area contributed by atoms with Crippen molar-refractivity contribution in [1.29, 1.82) is 0 Å². The largest absolute Gasteiger partial charge is 0.481 e. The zero-order valence-electron chi connectivity index (χ0n) is 10.2. The van der Waals surface area contributed by atoms with E-state index in [1.54, 1.807) is 0 Å². The van der Waals surface area contributed by atoms with Crippen molar-refractivity contribution in [1.82, 2.24) is 0 Å². The molecule has 1 N–H and O–H groups in total. The topological polar surface area (TPSA) is 37.3 Å². The molecule has 1 saturated carbocycles. The molecule has 2 nitrogen and oxygen atoms in total. The van der Waals surface area contributed by atoms with Crippen molar-refractivity contribution in [3.8, 4) is 0 Å². The summed E-state index contributed by atoms with van der Waals surface area (Å²) in [5.41, 5.74) is -1.11. The maximum absolute atomic E-state index is 13.6. The van der Waals surface area contributed by atoms with Crippen LogP contribution in [0.2, 0.25) is 0 Å². The number of hydrogen-bond acceptors (Lipinski definition) is 1. The average molecular weight is 254 g/mol. The highest BCUT2D eigenvalue weighted by molar-refractivity contribution is 5.75. The average Bonchev–Trinajstić information content (AvgIpc) is 2.67. The van der Waals surface area contributed by atoms with Crippen molar-refractivity contribution in [2.45, 2.75) is 32.6 Å². The van der Waals surface area contributed by atoms with E-state index in [-0.39, 0.29) is 17.9 Å². The number of aliphatic carboxylic acids is 1. The van der Waals surface area contributed by atoms with Crippen molar-refractivity contribution in [3.05, 3.63) is 35.4 Å². The highest BCUT2D eigenvalue weighted by atomic mass is 19.1. The summed E-state index contributed by atoms with van der Waals surface area (Å²) >= 11 is 0. The molecule has 2 rings (SSSR count). The Hall–Kier alpha value is -1.45. The van der Waals surface area contributed by atoms with Crippen LogP contribution in [0.3, 0.4) is 0 Å². The molecule has 2 atom stereocenters. The predicted molar refractivity (Wildman–Crippen MR) is 63.1 cm³/mol. The van der Waals surface area contributed by atoms with Gasteiger partial charge in [-0.05, 0) is 43.7 Å². The third-order valence-electron chi connectivity index (χ3n) is 3.89. The van der Waals surface area contributed by atoms with Gasteiger partial charge < -0.3 is 5.11 Å². The lowest BCUT2D eigenvalue weighted by Crippen LogP contribution is -2.31. The van der Waals surface area contributed by atoms with Gasteiger partial charge in [-0.15, -0.1) is 0 Å². The Morgan fingerprint density at radius 3 is 2.50 bits per heavy atom. The maximum atomic E-state index is 13.6. The molecule has 0 amide bonds. The third-order valence-corrected chi connectivity index (χ3v) is 3.89. The minimum absolute atomic E-state index is 0.0643. The maximum Gasteiger partial charge on any atom is 0.309 e. The number of carboxylic acid groups (broad SMARTS) is 1. The lowest BCUT2D eigenvalue weighted by atomic mass is 9.79. The van der Waals surface area contributed by atoms with Crippen LogP contribution in [0.15, 0.2) is 18.2 Å². The standard InChI is InChI=1S/C14H16F2O2/c1-9-5-6-14(7-9,13(17)18)8-10-11(15)3-2-4-12(10)16/h2-4,9H,5-8H2,1H3,(H,17,18). The molecule has 0 heterocycles. The number of hydrogen-bond donors (Lipinski definition) is 1. The Bertz CT molecular complexity index is 453. The van der Waals surface area contributed by atoms with Gasteiger partial charge in [0.2, 0.25) is 0 Å². The fraction of sp³-hybridized carbons (Fsp3) is 0.500. The summed E-state index contributed by atoms with van der Waals surface area (Å²) in [5, 5.41) is 9.38. The molecule has 0 radical (unpaired) electrons. The molecule has 0 aliphatic heterocycles. The van der Waals surface area contributed by atoms with Gasteiger partial charge in [-0.25, -0.2) is 8.78 Å². The molecule has 0 bridgehead atoms. The van der Waals surface area contributed by atoms with E-state index in [4.69, 9.17) is 0 Å². The molecule has 1 fully saturated rings. The first kappa shape index (κ1) is 13.0. The van der Waals surface area contributed by atoms with Gasteiger partial charge in [0, 0.05) is 5.56 Å². The molecule has 1 aliphatic rings. The van der Waals surface area contributed by atoms with Crippen LogP contribution in [0.25, 0.3) is 0 Å². The van der Waals surface area contributed by atoms with E-state index in [1.165, 1.54) is 18.2 Å². The number of benzene rings is 1. The smallest absolute Gasteiger partial charge is 0.309 e. The quantitative estimate of drug-likeness (QED) is 0.897. The zero-order valence-corrected chi connectivity index (χ0v) is 10.2. The van der Waals surface area contributed by atoms with Crippen LogP contribution in [0.5, 0.6) is 0 Å². The molecule has 1 aromatic rings. The van der Waals surface area contributed by atoms with Gasteiger partial charge >= 0.3 is 5.97 Å². The van der Waals surface area contributed by atoms with Gasteiger partial charge in [0.05, 0.1) is 5.41 Å². The fourth-order valence-corrected chi connectivity index (χ4v) is 2.86. The van der Waals surface area contributed by atoms with E-state index >= 15 is 0 Å². The number of carbonyl (C=O) groups is 1. The van der Waals surface area contributed by atoms with E-state index in [0.717, 1.165) is 6.42 Å². The van der Waals surface area contributed by atoms with E-state index in [1.807, 2.05) is 6.92 Å². The highest BCUT2D eigenvalue weighted by Crippen LogP contribution is 2.44. The molecule has 18 heavy (non-hydrogen) atoms. The van der Waals surface area contributed by atoms with Crippen molar-refractivity contribution in [2.24, 2.45) is 11.3 Å². The summed E-state index contributed by atoms with van der Waals surface area (Å²) < 4.78 is 27.2. The Morgan fingerprint density at radius 1 is 1.44 bits per heavy atom. The zero-order chi connectivity index (χ0) is 13.3. The molecular formula is C14H16F2O2. The molecule has 1 aromatic carbocycles. The molecule has 0 saturated heterocycles. The number of rotatable bonds is 3. The lowest BCUT2D eigenvalue weighted by molar-refractivity contribution is -0.148. The van der Waals surface area contributed by atoms with Crippen LogP contribution in [0, 0.1) is 23.0 Å². The van der Waals surface area contributed by atoms with Crippen LogP contribution in [0.4, 0.5) is 8.78 Å². The Labute approximate surface area is 105 Å². The van der Waals surface area contributed by atoms with Crippen molar-refractivity contribution in [2.75, 3.05) is 0 Å². The summed E-state index contributed by atoms with van der Waals surface area (Å²) in [6.45, 7) is 1.97. The molecular weight excluding hydrogens is 238 g/mol. The molecule has 0 spiro atoms. The van der Waals surface area contributed by atoms with Gasteiger partial charge in [0.1, 0.15) is 11.6 Å². The van der Waals surface area contributed by atoms with Gasteiger partial charge in [-0.3, -0.25) is 4.79 Å². The van der Waals surface area contributed by atoms with Gasteiger partial charge in [0.25, 0.3) is 0 Å². The monoisotopic (exact) mass is 254 g/mol. The normalized spacial score (nSPS) is 27.4. The van der Waals surface area contributed by atoms with E-state index in [2.05, 4.69) is 0 Å². The summed E-state index contributed by atoms with van der Waals surface area (Å²) in [6.07, 6.45) is 1.70. The molecule has 2 unspecified atom stereocenters. The van der Waals surface area contributed by atoms with E-state index in [0.29, 0.717) is 12.8 Å². The molecule has 1 aliphatic carbocycles. The van der Waals surface area contributed by atoms with Crippen molar-refractivity contribution in [3.63, 3.8) is 0 Å². The van der Waals surface area contributed by atoms with Crippen molar-refractivity contribution >= 4 is 5.97 Å². The van der Waals surface area contributed by atoms with Crippen LogP contribution in [-0.2, 0) is 11.2 Å². The summed E-state index contributed by atoms with van der Waals surface area (Å²) in [7, 11) is 0. The van der Waals surface area contributed by atoms with Crippen LogP contribution >= 0.6 is 0 Å². The summed E-state index contributed by atoms with van der Waals surface area (Å²) in [4.78, 5) is 11.5. The second kappa shape index (κ2) is 4.67. The second-order valence-corrected chi connectivity index (χ2v) is 5.31. The molecule has 0 aromatic heterocycles. The first-order valence-corrected chi connectivity index (χ1v) is 6.11.